The molecule has 66 heavy (non-hydrogen) atoms. The van der Waals surface area contributed by atoms with E-state index >= 15 is 0 Å². The maximum atomic E-state index is 12.8. The van der Waals surface area contributed by atoms with Gasteiger partial charge in [0.2, 0.25) is 0 Å². The van der Waals surface area contributed by atoms with Crippen molar-refractivity contribution < 1.29 is 28.6 Å². The van der Waals surface area contributed by atoms with E-state index in [1.165, 1.54) is 122 Å². The highest BCUT2D eigenvalue weighted by molar-refractivity contribution is 5.71. The second-order valence-electron chi connectivity index (χ2n) is 18.5. The van der Waals surface area contributed by atoms with E-state index in [9.17, 15) is 14.4 Å². The summed E-state index contributed by atoms with van der Waals surface area (Å²) in [7, 11) is 0. The van der Waals surface area contributed by atoms with Crippen LogP contribution in [0.5, 0.6) is 0 Å². The van der Waals surface area contributed by atoms with Gasteiger partial charge in [-0.15, -0.1) is 0 Å². The third-order valence-electron chi connectivity index (χ3n) is 11.9. The van der Waals surface area contributed by atoms with Crippen molar-refractivity contribution >= 4 is 17.9 Å². The molecule has 0 aromatic carbocycles. The normalized spacial score (nSPS) is 12.6. The molecule has 0 N–H and O–H groups in total. The van der Waals surface area contributed by atoms with E-state index in [0.717, 1.165) is 109 Å². The first-order valence-electron chi connectivity index (χ1n) is 27.9. The number of rotatable bonds is 50. The second kappa shape index (κ2) is 54.5. The Morgan fingerprint density at radius 2 is 0.545 bits per heavy atom. The summed E-state index contributed by atoms with van der Waals surface area (Å²) in [5.41, 5.74) is 0. The van der Waals surface area contributed by atoms with Crippen LogP contribution in [0.2, 0.25) is 0 Å². The number of allylic oxidation sites excluding steroid dienone is 12. The lowest BCUT2D eigenvalue weighted by atomic mass is 10.0. The van der Waals surface area contributed by atoms with Crippen LogP contribution in [-0.2, 0) is 28.6 Å². The summed E-state index contributed by atoms with van der Waals surface area (Å²) in [4.78, 5) is 38.1. The van der Waals surface area contributed by atoms with Crippen molar-refractivity contribution in [3.05, 3.63) is 72.9 Å². The van der Waals surface area contributed by atoms with Gasteiger partial charge >= 0.3 is 17.9 Å². The molecule has 0 aliphatic carbocycles. The Morgan fingerprint density at radius 3 is 0.879 bits per heavy atom. The Bertz CT molecular complexity index is 1240. The van der Waals surface area contributed by atoms with Crippen LogP contribution in [0.15, 0.2) is 72.9 Å². The number of unbranched alkanes of at least 4 members (excludes halogenated alkanes) is 27. The molecule has 0 fully saturated rings. The number of carbonyl (C=O) groups is 3. The second-order valence-corrected chi connectivity index (χ2v) is 18.5. The van der Waals surface area contributed by atoms with E-state index < -0.39 is 6.10 Å². The van der Waals surface area contributed by atoms with E-state index in [-0.39, 0.29) is 31.1 Å². The molecule has 0 radical (unpaired) electrons. The molecule has 0 aromatic heterocycles. The fraction of sp³-hybridized carbons (Fsp3) is 0.750. The Labute approximate surface area is 408 Å². The van der Waals surface area contributed by atoms with Crippen molar-refractivity contribution in [2.45, 2.75) is 277 Å². The predicted octanol–water partition coefficient (Wildman–Crippen LogP) is 18.6. The zero-order valence-corrected chi connectivity index (χ0v) is 43.4. The molecule has 0 spiro atoms. The molecule has 6 heteroatoms. The Kier molecular flexibility index (Phi) is 51.9. The van der Waals surface area contributed by atoms with Crippen LogP contribution in [0.25, 0.3) is 0 Å². The van der Waals surface area contributed by atoms with Crippen LogP contribution >= 0.6 is 0 Å². The van der Waals surface area contributed by atoms with Gasteiger partial charge in [0.25, 0.3) is 0 Å². The summed E-state index contributed by atoms with van der Waals surface area (Å²) < 4.78 is 16.8. The number of esters is 3. The molecule has 380 valence electrons. The molecule has 0 unspecified atom stereocenters. The van der Waals surface area contributed by atoms with Gasteiger partial charge in [-0.3, -0.25) is 14.4 Å². The molecular formula is C60H104O6. The average molecular weight is 921 g/mol. The predicted molar refractivity (Wildman–Crippen MR) is 284 cm³/mol. The Balaban J connectivity index is 4.46. The highest BCUT2D eigenvalue weighted by Crippen LogP contribution is 2.15. The van der Waals surface area contributed by atoms with Gasteiger partial charge in [-0.05, 0) is 96.3 Å². The van der Waals surface area contributed by atoms with E-state index in [1.54, 1.807) is 0 Å². The molecule has 1 atom stereocenters. The standard InChI is InChI=1S/C60H104O6/c1-4-7-10-13-16-19-22-25-28-30-32-35-38-41-44-47-50-53-59(62)65-56-57(55-64-58(61)52-49-46-43-40-37-34-27-24-21-18-15-12-9-6-3)66-60(63)54-51-48-45-42-39-36-33-31-29-26-23-20-17-14-11-8-5-2/h16-17,19-20,25-26,28-29,32-33,35-36,57H,4-15,18,21-24,27,30-31,34,37-56H2,1-3H3/b19-16-,20-17-,28-25-,29-26-,35-32-,36-33-/t57-/m1/s1. The van der Waals surface area contributed by atoms with Gasteiger partial charge in [0.15, 0.2) is 6.10 Å². The zero-order valence-electron chi connectivity index (χ0n) is 43.4. The number of hydrogen-bond donors (Lipinski definition) is 0. The van der Waals surface area contributed by atoms with Crippen LogP contribution in [0.4, 0.5) is 0 Å². The molecule has 6 nitrogen and oxygen atoms in total. The minimum Gasteiger partial charge on any atom is -0.462 e. The third-order valence-corrected chi connectivity index (χ3v) is 11.9. The van der Waals surface area contributed by atoms with E-state index in [4.69, 9.17) is 14.2 Å². The van der Waals surface area contributed by atoms with Gasteiger partial charge in [0.05, 0.1) is 0 Å². The Hall–Kier alpha value is -3.15. The van der Waals surface area contributed by atoms with Crippen molar-refractivity contribution in [2.24, 2.45) is 0 Å². The number of carbonyl (C=O) groups excluding carboxylic acids is 3. The van der Waals surface area contributed by atoms with Gasteiger partial charge in [0.1, 0.15) is 13.2 Å². The van der Waals surface area contributed by atoms with Crippen molar-refractivity contribution in [3.63, 3.8) is 0 Å². The van der Waals surface area contributed by atoms with E-state index in [2.05, 4.69) is 93.7 Å². The maximum absolute atomic E-state index is 12.8. The highest BCUT2D eigenvalue weighted by atomic mass is 16.6. The van der Waals surface area contributed by atoms with E-state index in [0.29, 0.717) is 19.3 Å². The van der Waals surface area contributed by atoms with Crippen molar-refractivity contribution in [1.82, 2.24) is 0 Å². The summed E-state index contributed by atoms with van der Waals surface area (Å²) in [6.07, 6.45) is 68.8. The topological polar surface area (TPSA) is 78.9 Å². The lowest BCUT2D eigenvalue weighted by molar-refractivity contribution is -0.167. The van der Waals surface area contributed by atoms with Crippen molar-refractivity contribution in [3.8, 4) is 0 Å². The van der Waals surface area contributed by atoms with Gasteiger partial charge in [0, 0.05) is 19.3 Å². The third kappa shape index (κ3) is 51.8. The van der Waals surface area contributed by atoms with Crippen LogP contribution < -0.4 is 0 Å². The summed E-state index contributed by atoms with van der Waals surface area (Å²) in [5.74, 6) is -0.927. The first-order valence-corrected chi connectivity index (χ1v) is 27.9. The van der Waals surface area contributed by atoms with Crippen molar-refractivity contribution in [1.29, 1.82) is 0 Å². The molecule has 0 saturated heterocycles. The quantitative estimate of drug-likeness (QED) is 0.0262. The fourth-order valence-corrected chi connectivity index (χ4v) is 7.69. The lowest BCUT2D eigenvalue weighted by Crippen LogP contribution is -2.30. The van der Waals surface area contributed by atoms with Crippen LogP contribution in [0.3, 0.4) is 0 Å². The first-order chi connectivity index (χ1) is 32.5. The zero-order chi connectivity index (χ0) is 47.9. The molecule has 0 aromatic rings. The number of hydrogen-bond acceptors (Lipinski definition) is 6. The summed E-state index contributed by atoms with van der Waals surface area (Å²) >= 11 is 0. The summed E-state index contributed by atoms with van der Waals surface area (Å²) in [6.45, 7) is 6.56. The van der Waals surface area contributed by atoms with Gasteiger partial charge in [-0.1, -0.05) is 229 Å². The monoisotopic (exact) mass is 921 g/mol. The summed E-state index contributed by atoms with van der Waals surface area (Å²) in [5, 5.41) is 0. The minimum absolute atomic E-state index is 0.0901. The SMILES string of the molecule is CCCCC/C=C\C/C=C\C/C=C\CCCCCCC(=O)OC[C@@H](COC(=O)CCCCCCCCCCCCCCCC)OC(=O)CCCCCC/C=C\C/C=C\C/C=C\CCCCC. The molecule has 0 rings (SSSR count). The minimum atomic E-state index is -0.795. The largest absolute Gasteiger partial charge is 0.462 e. The van der Waals surface area contributed by atoms with Crippen molar-refractivity contribution in [2.75, 3.05) is 13.2 Å². The molecule has 0 aliphatic heterocycles. The first kappa shape index (κ1) is 62.8. The smallest absolute Gasteiger partial charge is 0.306 e. The lowest BCUT2D eigenvalue weighted by Gasteiger charge is -2.18. The Morgan fingerprint density at radius 1 is 0.303 bits per heavy atom. The van der Waals surface area contributed by atoms with Crippen LogP contribution in [-0.4, -0.2) is 37.2 Å². The molecule has 0 amide bonds. The average Bonchev–Trinajstić information content (AvgIpc) is 3.31. The molecule has 0 bridgehead atoms. The van der Waals surface area contributed by atoms with Crippen LogP contribution in [0.1, 0.15) is 271 Å². The number of ether oxygens (including phenoxy) is 3. The van der Waals surface area contributed by atoms with Gasteiger partial charge in [-0.2, -0.15) is 0 Å². The molecule has 0 heterocycles. The maximum Gasteiger partial charge on any atom is 0.306 e. The van der Waals surface area contributed by atoms with Crippen LogP contribution in [0, 0.1) is 0 Å². The summed E-state index contributed by atoms with van der Waals surface area (Å²) in [6, 6.07) is 0. The molecule has 0 saturated carbocycles. The van der Waals surface area contributed by atoms with E-state index in [1.807, 2.05) is 0 Å². The van der Waals surface area contributed by atoms with Gasteiger partial charge in [-0.25, -0.2) is 0 Å². The highest BCUT2D eigenvalue weighted by Gasteiger charge is 2.19. The molecular weight excluding hydrogens is 817 g/mol. The van der Waals surface area contributed by atoms with Gasteiger partial charge < -0.3 is 14.2 Å². The molecule has 0 aliphatic rings. The fourth-order valence-electron chi connectivity index (χ4n) is 7.69.